The Morgan fingerprint density at radius 1 is 1.07 bits per heavy atom. The van der Waals surface area contributed by atoms with Gasteiger partial charge in [0.2, 0.25) is 21.8 Å². The van der Waals surface area contributed by atoms with Crippen LogP contribution in [0, 0.1) is 0 Å². The summed E-state index contributed by atoms with van der Waals surface area (Å²) >= 11 is 5.79. The Kier molecular flexibility index (Phi) is 7.35. The molecule has 2 aromatic rings. The van der Waals surface area contributed by atoms with Crippen molar-refractivity contribution in [2.24, 2.45) is 0 Å². The summed E-state index contributed by atoms with van der Waals surface area (Å²) in [7, 11) is -3.72. The molecule has 2 amide bonds. The van der Waals surface area contributed by atoms with Gasteiger partial charge in [-0.2, -0.15) is 0 Å². The van der Waals surface area contributed by atoms with Crippen molar-refractivity contribution < 1.29 is 18.0 Å². The van der Waals surface area contributed by atoms with E-state index in [2.05, 4.69) is 15.4 Å². The fraction of sp³-hybridized carbons (Fsp3) is 0.222. The van der Waals surface area contributed by atoms with Crippen LogP contribution in [0.4, 0.5) is 5.69 Å². The number of hydrogen-bond donors (Lipinski definition) is 3. The molecule has 0 saturated carbocycles. The summed E-state index contributed by atoms with van der Waals surface area (Å²) in [6.07, 6.45) is -0.00875. The quantitative estimate of drug-likeness (QED) is 0.622. The molecule has 9 heteroatoms. The normalized spacial score (nSPS) is 11.0. The average molecular weight is 410 g/mol. The first-order chi connectivity index (χ1) is 12.8. The van der Waals surface area contributed by atoms with Crippen molar-refractivity contribution in [1.82, 2.24) is 10.0 Å². The van der Waals surface area contributed by atoms with Crippen molar-refractivity contribution in [2.75, 3.05) is 11.9 Å². The molecule has 0 aromatic heterocycles. The minimum absolute atomic E-state index is 0.00875. The van der Waals surface area contributed by atoms with E-state index >= 15 is 0 Å². The van der Waals surface area contributed by atoms with Crippen molar-refractivity contribution in [3.05, 3.63) is 59.1 Å². The number of hydrogen-bond acceptors (Lipinski definition) is 4. The number of amides is 2. The van der Waals surface area contributed by atoms with Crippen LogP contribution in [0.25, 0.3) is 0 Å². The molecule has 144 valence electrons. The second kappa shape index (κ2) is 9.50. The van der Waals surface area contributed by atoms with E-state index in [0.29, 0.717) is 10.7 Å². The molecule has 0 atom stereocenters. The van der Waals surface area contributed by atoms with E-state index in [1.807, 2.05) is 6.07 Å². The minimum atomic E-state index is -3.72. The molecule has 3 N–H and O–H groups in total. The topological polar surface area (TPSA) is 104 Å². The third-order valence-electron chi connectivity index (χ3n) is 3.49. The van der Waals surface area contributed by atoms with E-state index in [0.717, 1.165) is 5.56 Å². The Bertz CT molecular complexity index is 932. The van der Waals surface area contributed by atoms with Gasteiger partial charge in [0.05, 0.1) is 4.90 Å². The van der Waals surface area contributed by atoms with E-state index in [1.54, 1.807) is 30.3 Å². The fourth-order valence-corrected chi connectivity index (χ4v) is 3.60. The summed E-state index contributed by atoms with van der Waals surface area (Å²) in [5, 5.41) is 5.69. The predicted molar refractivity (Wildman–Crippen MR) is 104 cm³/mol. The molecular formula is C18H20ClN3O4S. The second-order valence-electron chi connectivity index (χ2n) is 5.76. The molecule has 0 bridgehead atoms. The molecule has 0 unspecified atom stereocenters. The molecule has 0 aliphatic rings. The van der Waals surface area contributed by atoms with Gasteiger partial charge >= 0.3 is 0 Å². The van der Waals surface area contributed by atoms with Crippen LogP contribution in [0.15, 0.2) is 53.4 Å². The van der Waals surface area contributed by atoms with Gasteiger partial charge in [-0.15, -0.1) is 0 Å². The monoisotopic (exact) mass is 409 g/mol. The smallest absolute Gasteiger partial charge is 0.240 e. The zero-order valence-corrected chi connectivity index (χ0v) is 16.2. The number of carbonyl (C=O) groups excluding carboxylic acids is 2. The predicted octanol–water partition coefficient (Wildman–Crippen LogP) is 2.28. The summed E-state index contributed by atoms with van der Waals surface area (Å²) in [5.41, 5.74) is 1.46. The van der Waals surface area contributed by atoms with E-state index in [4.69, 9.17) is 11.6 Å². The minimum Gasteiger partial charge on any atom is -0.352 e. The van der Waals surface area contributed by atoms with Crippen LogP contribution in [0.2, 0.25) is 5.02 Å². The summed E-state index contributed by atoms with van der Waals surface area (Å²) in [5.74, 6) is -0.475. The van der Waals surface area contributed by atoms with Crippen molar-refractivity contribution in [3.8, 4) is 0 Å². The van der Waals surface area contributed by atoms with Crippen LogP contribution in [0.3, 0.4) is 0 Å². The van der Waals surface area contributed by atoms with Gasteiger partial charge in [0, 0.05) is 37.1 Å². The third-order valence-corrected chi connectivity index (χ3v) is 5.18. The molecular weight excluding hydrogens is 390 g/mol. The Labute approximate surface area is 163 Å². The molecule has 0 spiro atoms. The molecule has 0 saturated heterocycles. The number of anilines is 1. The maximum absolute atomic E-state index is 12.1. The first-order valence-corrected chi connectivity index (χ1v) is 10.0. The number of nitrogens with one attached hydrogen (secondary N) is 3. The molecule has 27 heavy (non-hydrogen) atoms. The van der Waals surface area contributed by atoms with Crippen LogP contribution < -0.4 is 15.4 Å². The molecule has 2 aromatic carbocycles. The van der Waals surface area contributed by atoms with E-state index in [1.165, 1.54) is 19.1 Å². The van der Waals surface area contributed by atoms with E-state index in [-0.39, 0.29) is 36.2 Å². The van der Waals surface area contributed by atoms with Gasteiger partial charge in [0.1, 0.15) is 0 Å². The Morgan fingerprint density at radius 2 is 1.81 bits per heavy atom. The Morgan fingerprint density at radius 3 is 2.52 bits per heavy atom. The lowest BCUT2D eigenvalue weighted by Crippen LogP contribution is -2.30. The summed E-state index contributed by atoms with van der Waals surface area (Å²) < 4.78 is 26.6. The van der Waals surface area contributed by atoms with Crippen molar-refractivity contribution in [2.45, 2.75) is 24.8 Å². The third kappa shape index (κ3) is 7.01. The summed E-state index contributed by atoms with van der Waals surface area (Å²) in [6.45, 7) is 1.65. The average Bonchev–Trinajstić information content (AvgIpc) is 2.59. The van der Waals surface area contributed by atoms with E-state index < -0.39 is 10.0 Å². The lowest BCUT2D eigenvalue weighted by molar-refractivity contribution is -0.121. The number of benzene rings is 2. The van der Waals surface area contributed by atoms with Gasteiger partial charge in [-0.25, -0.2) is 13.1 Å². The highest BCUT2D eigenvalue weighted by Crippen LogP contribution is 2.15. The molecule has 7 nitrogen and oxygen atoms in total. The second-order valence-corrected chi connectivity index (χ2v) is 7.97. The van der Waals surface area contributed by atoms with Crippen molar-refractivity contribution >= 4 is 39.1 Å². The number of rotatable bonds is 8. The molecule has 0 aliphatic heterocycles. The molecule has 0 fully saturated rings. The first-order valence-electron chi connectivity index (χ1n) is 8.15. The maximum atomic E-state index is 12.1. The largest absolute Gasteiger partial charge is 0.352 e. The van der Waals surface area contributed by atoms with Gasteiger partial charge in [0.15, 0.2) is 0 Å². The van der Waals surface area contributed by atoms with Crippen LogP contribution in [-0.2, 0) is 26.2 Å². The highest BCUT2D eigenvalue weighted by Gasteiger charge is 2.14. The van der Waals surface area contributed by atoms with Gasteiger partial charge in [-0.3, -0.25) is 9.59 Å². The highest BCUT2D eigenvalue weighted by atomic mass is 35.5. The maximum Gasteiger partial charge on any atom is 0.240 e. The van der Waals surface area contributed by atoms with Gasteiger partial charge in [0.25, 0.3) is 0 Å². The zero-order chi connectivity index (χ0) is 19.9. The van der Waals surface area contributed by atoms with Crippen molar-refractivity contribution in [1.29, 1.82) is 0 Å². The first kappa shape index (κ1) is 20.9. The van der Waals surface area contributed by atoms with Gasteiger partial charge in [-0.05, 0) is 35.9 Å². The van der Waals surface area contributed by atoms with Gasteiger partial charge in [-0.1, -0.05) is 29.8 Å². The Balaban J connectivity index is 1.80. The zero-order valence-electron chi connectivity index (χ0n) is 14.7. The van der Waals surface area contributed by atoms with Gasteiger partial charge < -0.3 is 10.6 Å². The standard InChI is InChI=1S/C18H20ClN3O4S/c1-13(23)22-16-6-2-4-14(10-16)12-20-18(24)8-9-21-27(25,26)17-7-3-5-15(19)11-17/h2-7,10-11,21H,8-9,12H2,1H3,(H,20,24)(H,22,23). The highest BCUT2D eigenvalue weighted by molar-refractivity contribution is 7.89. The SMILES string of the molecule is CC(=O)Nc1cccc(CNC(=O)CCNS(=O)(=O)c2cccc(Cl)c2)c1. The van der Waals surface area contributed by atoms with Crippen LogP contribution in [-0.4, -0.2) is 26.8 Å². The lowest BCUT2D eigenvalue weighted by atomic mass is 10.2. The van der Waals surface area contributed by atoms with Crippen LogP contribution in [0.1, 0.15) is 18.9 Å². The molecule has 2 rings (SSSR count). The fourth-order valence-electron chi connectivity index (χ4n) is 2.27. The van der Waals surface area contributed by atoms with Crippen LogP contribution in [0.5, 0.6) is 0 Å². The van der Waals surface area contributed by atoms with Crippen LogP contribution >= 0.6 is 11.6 Å². The van der Waals surface area contributed by atoms with Crippen molar-refractivity contribution in [3.63, 3.8) is 0 Å². The summed E-state index contributed by atoms with van der Waals surface area (Å²) in [4.78, 5) is 23.0. The molecule has 0 heterocycles. The lowest BCUT2D eigenvalue weighted by Gasteiger charge is -2.09. The number of carbonyl (C=O) groups is 2. The summed E-state index contributed by atoms with van der Waals surface area (Å²) in [6, 6.07) is 13.0. The Hall–Kier alpha value is -2.42. The molecule has 0 radical (unpaired) electrons. The number of halogens is 1. The number of sulfonamides is 1. The molecule has 0 aliphatic carbocycles. The van der Waals surface area contributed by atoms with E-state index in [9.17, 15) is 18.0 Å².